The lowest BCUT2D eigenvalue weighted by Gasteiger charge is -2.13. The second-order valence-corrected chi connectivity index (χ2v) is 6.37. The highest BCUT2D eigenvalue weighted by molar-refractivity contribution is 5.93. The molecule has 0 saturated heterocycles. The van der Waals surface area contributed by atoms with Gasteiger partial charge in [-0.15, -0.1) is 0 Å². The van der Waals surface area contributed by atoms with Gasteiger partial charge >= 0.3 is 11.9 Å². The van der Waals surface area contributed by atoms with Gasteiger partial charge in [0, 0.05) is 11.1 Å². The number of hydrogen-bond donors (Lipinski definition) is 6. The minimum atomic E-state index is -1.93. The molecular formula is C20H22N4O8. The Hall–Kier alpha value is -3.84. The zero-order chi connectivity index (χ0) is 23.7. The van der Waals surface area contributed by atoms with Crippen molar-refractivity contribution in [2.24, 2.45) is 11.7 Å². The second-order valence-electron chi connectivity index (χ2n) is 6.37. The van der Waals surface area contributed by atoms with Crippen LogP contribution in [0.3, 0.4) is 0 Å². The summed E-state index contributed by atoms with van der Waals surface area (Å²) in [5.74, 6) is 6.69. The number of amides is 2. The molecular weight excluding hydrogens is 424 g/mol. The van der Waals surface area contributed by atoms with Crippen molar-refractivity contribution in [1.29, 1.82) is 0 Å². The molecule has 32 heavy (non-hydrogen) atoms. The van der Waals surface area contributed by atoms with Gasteiger partial charge in [0.25, 0.3) is 11.8 Å². The summed E-state index contributed by atoms with van der Waals surface area (Å²) < 4.78 is 9.57. The number of hydrogen-bond acceptors (Lipinski definition) is 10. The molecule has 2 aliphatic rings. The Labute approximate surface area is 182 Å². The fraction of sp³-hybridized carbons (Fsp3) is 0.200. The molecule has 0 aromatic heterocycles. The lowest BCUT2D eigenvalue weighted by atomic mass is 10.1. The molecule has 8 N–H and O–H groups in total. The molecule has 2 aromatic rings. The highest BCUT2D eigenvalue weighted by Gasteiger charge is 2.29. The lowest BCUT2D eigenvalue weighted by molar-refractivity contribution is -0.146. The van der Waals surface area contributed by atoms with Gasteiger partial charge in [-0.2, -0.15) is 0 Å². The van der Waals surface area contributed by atoms with Gasteiger partial charge in [0.15, 0.2) is 12.2 Å². The molecule has 12 heteroatoms. The van der Waals surface area contributed by atoms with Crippen LogP contribution in [-0.4, -0.2) is 46.2 Å². The smallest absolute Gasteiger partial charge is 0.338 e. The molecule has 4 rings (SSSR count). The van der Waals surface area contributed by atoms with Crippen LogP contribution in [0.25, 0.3) is 0 Å². The molecule has 170 valence electrons. The van der Waals surface area contributed by atoms with Crippen LogP contribution in [0.15, 0.2) is 48.5 Å². The highest BCUT2D eigenvalue weighted by atomic mass is 16.5. The number of ether oxygens (including phenoxy) is 2. The van der Waals surface area contributed by atoms with E-state index in [2.05, 4.69) is 11.7 Å². The Balaban J connectivity index is 0.000000170. The molecule has 0 saturated carbocycles. The van der Waals surface area contributed by atoms with Crippen LogP contribution in [0.4, 0.5) is 0 Å². The Morgan fingerprint density at radius 3 is 1.41 bits per heavy atom. The van der Waals surface area contributed by atoms with Gasteiger partial charge in [0.05, 0.1) is 11.1 Å². The molecule has 2 aromatic carbocycles. The van der Waals surface area contributed by atoms with Crippen LogP contribution < -0.4 is 22.5 Å². The van der Waals surface area contributed by atoms with Crippen molar-refractivity contribution in [3.63, 3.8) is 0 Å². The molecule has 0 fully saturated rings. The maximum atomic E-state index is 10.8. The summed E-state index contributed by atoms with van der Waals surface area (Å²) in [5.41, 5.74) is 6.52. The number of carbonyl (C=O) groups excluding carboxylic acids is 4. The van der Waals surface area contributed by atoms with Gasteiger partial charge in [0.1, 0.15) is 13.2 Å². The van der Waals surface area contributed by atoms with Crippen molar-refractivity contribution < 1.29 is 38.9 Å². The summed E-state index contributed by atoms with van der Waals surface area (Å²) >= 11 is 0. The molecule has 2 aliphatic heterocycles. The van der Waals surface area contributed by atoms with Crippen LogP contribution in [0.1, 0.15) is 31.8 Å². The van der Waals surface area contributed by atoms with E-state index in [-0.39, 0.29) is 11.9 Å². The van der Waals surface area contributed by atoms with E-state index < -0.39 is 24.0 Å². The highest BCUT2D eigenvalue weighted by Crippen LogP contribution is 2.18. The van der Waals surface area contributed by atoms with Crippen molar-refractivity contribution in [3.8, 4) is 0 Å². The van der Waals surface area contributed by atoms with Crippen molar-refractivity contribution in [2.75, 3.05) is 0 Å². The van der Waals surface area contributed by atoms with E-state index in [1.807, 2.05) is 36.4 Å². The third-order valence-electron chi connectivity index (χ3n) is 4.31. The quantitative estimate of drug-likeness (QED) is 0.138. The van der Waals surface area contributed by atoms with E-state index in [9.17, 15) is 19.2 Å². The van der Waals surface area contributed by atoms with Gasteiger partial charge in [-0.25, -0.2) is 21.3 Å². The maximum absolute atomic E-state index is 10.8. The number of carbonyl (C=O) groups is 4. The van der Waals surface area contributed by atoms with Gasteiger partial charge in [-0.1, -0.05) is 36.4 Å². The molecule has 2 heterocycles. The summed E-state index contributed by atoms with van der Waals surface area (Å²) in [7, 11) is 0. The number of cyclic esters (lactones) is 2. The van der Waals surface area contributed by atoms with Gasteiger partial charge in [-0.3, -0.25) is 20.4 Å². The summed E-state index contributed by atoms with van der Waals surface area (Å²) in [6.07, 6.45) is -3.86. The standard InChI is InChI=1S/2C8H6O2.C4H10N4O4/c2*9-8-7-4-2-1-3-6(7)5-10-8;5-7-3(11)1(9)2(10)4(12)8-6/h2*1-4H,5H2;1-2,9-10H,5-6H2,(H,7,11)(H,8,12). The third-order valence-corrected chi connectivity index (χ3v) is 4.31. The van der Waals surface area contributed by atoms with E-state index >= 15 is 0 Å². The zero-order valence-corrected chi connectivity index (χ0v) is 16.7. The first-order chi connectivity index (χ1) is 15.3. The number of nitrogens with two attached hydrogens (primary N) is 2. The topological polar surface area (TPSA) is 203 Å². The first kappa shape index (κ1) is 24.4. The number of benzene rings is 2. The minimum absolute atomic E-state index is 0.199. The van der Waals surface area contributed by atoms with E-state index in [0.29, 0.717) is 24.3 Å². The summed E-state index contributed by atoms with van der Waals surface area (Å²) in [4.78, 5) is 42.7. The number of fused-ring (bicyclic) bond motifs is 2. The fourth-order valence-corrected chi connectivity index (χ4v) is 2.59. The fourth-order valence-electron chi connectivity index (χ4n) is 2.59. The first-order valence-electron chi connectivity index (χ1n) is 9.17. The van der Waals surface area contributed by atoms with Crippen molar-refractivity contribution in [2.45, 2.75) is 25.4 Å². The van der Waals surface area contributed by atoms with Crippen LogP contribution >= 0.6 is 0 Å². The Morgan fingerprint density at radius 1 is 0.750 bits per heavy atom. The van der Waals surface area contributed by atoms with Crippen LogP contribution in [0.5, 0.6) is 0 Å². The van der Waals surface area contributed by atoms with Crippen molar-refractivity contribution >= 4 is 23.8 Å². The number of nitrogens with one attached hydrogen (secondary N) is 2. The number of aliphatic hydroxyl groups is 2. The average molecular weight is 446 g/mol. The summed E-state index contributed by atoms with van der Waals surface area (Å²) in [6, 6.07) is 14.9. The number of aliphatic hydroxyl groups excluding tert-OH is 2. The van der Waals surface area contributed by atoms with Gasteiger partial charge in [-0.05, 0) is 12.1 Å². The molecule has 0 spiro atoms. The SMILES string of the molecule is NNC(=O)C(O)C(O)C(=O)NN.O=C1OCc2ccccc21.O=C1OCc2ccccc21. The molecule has 2 unspecified atom stereocenters. The first-order valence-corrected chi connectivity index (χ1v) is 9.17. The summed E-state index contributed by atoms with van der Waals surface area (Å²) in [5, 5.41) is 17.7. The van der Waals surface area contributed by atoms with Crippen LogP contribution in [0.2, 0.25) is 0 Å². The van der Waals surface area contributed by atoms with E-state index in [4.69, 9.17) is 19.7 Å². The Bertz CT molecular complexity index is 918. The molecule has 0 radical (unpaired) electrons. The van der Waals surface area contributed by atoms with E-state index in [0.717, 1.165) is 11.1 Å². The van der Waals surface area contributed by atoms with Gasteiger partial charge < -0.3 is 19.7 Å². The van der Waals surface area contributed by atoms with E-state index in [1.165, 1.54) is 0 Å². The minimum Gasteiger partial charge on any atom is -0.457 e. The lowest BCUT2D eigenvalue weighted by Crippen LogP contribution is -2.52. The number of esters is 2. The van der Waals surface area contributed by atoms with Crippen molar-refractivity contribution in [3.05, 3.63) is 70.8 Å². The van der Waals surface area contributed by atoms with Crippen molar-refractivity contribution in [1.82, 2.24) is 10.9 Å². The maximum Gasteiger partial charge on any atom is 0.338 e. The summed E-state index contributed by atoms with van der Waals surface area (Å²) in [6.45, 7) is 0.879. The second kappa shape index (κ2) is 11.5. The monoisotopic (exact) mass is 446 g/mol. The van der Waals surface area contributed by atoms with Crippen LogP contribution in [-0.2, 0) is 32.3 Å². The predicted molar refractivity (Wildman–Crippen MR) is 108 cm³/mol. The van der Waals surface area contributed by atoms with Gasteiger partial charge in [0.2, 0.25) is 0 Å². The third kappa shape index (κ3) is 6.09. The molecule has 0 aliphatic carbocycles. The number of rotatable bonds is 3. The van der Waals surface area contributed by atoms with E-state index in [1.54, 1.807) is 23.0 Å². The largest absolute Gasteiger partial charge is 0.457 e. The Morgan fingerprint density at radius 2 is 1.09 bits per heavy atom. The Kier molecular flexibility index (Phi) is 8.80. The predicted octanol–water partition coefficient (Wildman–Crippen LogP) is -1.60. The number of hydrazine groups is 2. The molecule has 2 atom stereocenters. The molecule has 2 amide bonds. The molecule has 0 bridgehead atoms. The van der Waals surface area contributed by atoms with Crippen LogP contribution in [0, 0.1) is 0 Å². The molecule has 12 nitrogen and oxygen atoms in total. The average Bonchev–Trinajstić information content (AvgIpc) is 3.41. The zero-order valence-electron chi connectivity index (χ0n) is 16.7. The normalized spacial score (nSPS) is 14.6.